The standard InChI is InChI=1S/C18H23O2P/c1-5-19-21(15-11-7-6-8-12-15)20-17-14-10-9-13-16(17)18(2,3)4/h6-14H,5H2,1-4H3. The summed E-state index contributed by atoms with van der Waals surface area (Å²) in [4.78, 5) is 0. The number of rotatable bonds is 5. The van der Waals surface area contributed by atoms with Crippen LogP contribution in [0.25, 0.3) is 0 Å². The molecule has 0 aliphatic rings. The second-order valence-corrected chi connectivity index (χ2v) is 7.32. The van der Waals surface area contributed by atoms with Crippen molar-refractivity contribution in [2.75, 3.05) is 6.61 Å². The van der Waals surface area contributed by atoms with E-state index >= 15 is 0 Å². The van der Waals surface area contributed by atoms with Gasteiger partial charge in [0.1, 0.15) is 5.75 Å². The first-order valence-corrected chi connectivity index (χ1v) is 8.45. The third-order valence-electron chi connectivity index (χ3n) is 3.09. The molecule has 3 heteroatoms. The molecule has 1 unspecified atom stereocenters. The molecule has 0 fully saturated rings. The van der Waals surface area contributed by atoms with E-state index in [4.69, 9.17) is 9.05 Å². The minimum Gasteiger partial charge on any atom is -0.444 e. The van der Waals surface area contributed by atoms with E-state index in [9.17, 15) is 0 Å². The van der Waals surface area contributed by atoms with E-state index in [-0.39, 0.29) is 5.41 Å². The molecule has 0 aliphatic carbocycles. The first-order chi connectivity index (χ1) is 10.0. The third-order valence-corrected chi connectivity index (χ3v) is 4.66. The van der Waals surface area contributed by atoms with Crippen LogP contribution in [-0.2, 0) is 9.94 Å². The SMILES string of the molecule is CCOP(Oc1ccccc1C(C)(C)C)c1ccccc1. The Labute approximate surface area is 129 Å². The van der Waals surface area contributed by atoms with Crippen molar-refractivity contribution in [3.05, 3.63) is 60.2 Å². The quantitative estimate of drug-likeness (QED) is 0.721. The Hall–Kier alpha value is -1.37. The molecule has 2 rings (SSSR count). The molecule has 0 heterocycles. The molecular weight excluding hydrogens is 279 g/mol. The van der Waals surface area contributed by atoms with Crippen LogP contribution in [0.15, 0.2) is 54.6 Å². The summed E-state index contributed by atoms with van der Waals surface area (Å²) in [5, 5.41) is 1.10. The fourth-order valence-corrected chi connectivity index (χ4v) is 3.37. The Balaban J connectivity index is 2.30. The van der Waals surface area contributed by atoms with E-state index in [1.165, 1.54) is 5.56 Å². The lowest BCUT2D eigenvalue weighted by atomic mass is 9.86. The third kappa shape index (κ3) is 4.30. The van der Waals surface area contributed by atoms with E-state index in [1.54, 1.807) is 0 Å². The molecular formula is C18H23O2P. The average molecular weight is 302 g/mol. The normalized spacial score (nSPS) is 13.0. The Bertz CT molecular complexity index is 561. The molecule has 0 N–H and O–H groups in total. The zero-order chi connectivity index (χ0) is 15.3. The Kier molecular flexibility index (Phi) is 5.39. The molecule has 0 saturated carbocycles. The lowest BCUT2D eigenvalue weighted by Gasteiger charge is -2.25. The van der Waals surface area contributed by atoms with Gasteiger partial charge in [0.05, 0.1) is 6.61 Å². The number of benzene rings is 2. The molecule has 2 nitrogen and oxygen atoms in total. The fourth-order valence-electron chi connectivity index (χ4n) is 2.08. The predicted molar refractivity (Wildman–Crippen MR) is 90.4 cm³/mol. The molecule has 0 radical (unpaired) electrons. The summed E-state index contributed by atoms with van der Waals surface area (Å²) >= 11 is 0. The summed E-state index contributed by atoms with van der Waals surface area (Å²) in [5.41, 5.74) is 1.24. The van der Waals surface area contributed by atoms with Crippen LogP contribution in [0.1, 0.15) is 33.3 Å². The van der Waals surface area contributed by atoms with E-state index in [1.807, 2.05) is 37.3 Å². The van der Waals surface area contributed by atoms with Crippen molar-refractivity contribution >= 4 is 13.7 Å². The van der Waals surface area contributed by atoms with Crippen molar-refractivity contribution < 1.29 is 9.05 Å². The van der Waals surface area contributed by atoms with Crippen LogP contribution < -0.4 is 9.83 Å². The van der Waals surface area contributed by atoms with Gasteiger partial charge in [-0.1, -0.05) is 57.2 Å². The molecule has 1 atom stereocenters. The highest BCUT2D eigenvalue weighted by atomic mass is 31.2. The molecule has 0 aromatic heterocycles. The van der Waals surface area contributed by atoms with Gasteiger partial charge < -0.3 is 9.05 Å². The molecule has 0 saturated heterocycles. The first-order valence-electron chi connectivity index (χ1n) is 7.28. The van der Waals surface area contributed by atoms with Crippen LogP contribution in [0.5, 0.6) is 5.75 Å². The zero-order valence-electron chi connectivity index (χ0n) is 13.2. The second-order valence-electron chi connectivity index (χ2n) is 5.85. The zero-order valence-corrected chi connectivity index (χ0v) is 14.1. The van der Waals surface area contributed by atoms with Gasteiger partial charge in [-0.3, -0.25) is 0 Å². The van der Waals surface area contributed by atoms with Crippen molar-refractivity contribution in [2.45, 2.75) is 33.1 Å². The van der Waals surface area contributed by atoms with Crippen molar-refractivity contribution in [1.29, 1.82) is 0 Å². The van der Waals surface area contributed by atoms with Gasteiger partial charge in [-0.15, -0.1) is 0 Å². The largest absolute Gasteiger partial charge is 0.444 e. The van der Waals surface area contributed by atoms with E-state index < -0.39 is 8.38 Å². The summed E-state index contributed by atoms with van der Waals surface area (Å²) < 4.78 is 12.1. The predicted octanol–water partition coefficient (Wildman–Crippen LogP) is 5.04. The van der Waals surface area contributed by atoms with Crippen LogP contribution in [0.4, 0.5) is 0 Å². The highest BCUT2D eigenvalue weighted by molar-refractivity contribution is 7.56. The average Bonchev–Trinajstić information content (AvgIpc) is 2.47. The summed E-state index contributed by atoms with van der Waals surface area (Å²) in [6.07, 6.45) is 0. The molecule has 2 aromatic carbocycles. The molecule has 112 valence electrons. The fraction of sp³-hybridized carbons (Fsp3) is 0.333. The number of hydrogen-bond donors (Lipinski definition) is 0. The van der Waals surface area contributed by atoms with Crippen molar-refractivity contribution in [2.24, 2.45) is 0 Å². The van der Waals surface area contributed by atoms with Crippen molar-refractivity contribution in [3.8, 4) is 5.75 Å². The van der Waals surface area contributed by atoms with E-state index in [0.29, 0.717) is 6.61 Å². The van der Waals surface area contributed by atoms with Crippen molar-refractivity contribution in [3.63, 3.8) is 0 Å². The van der Waals surface area contributed by atoms with Crippen LogP contribution in [-0.4, -0.2) is 6.61 Å². The maximum Gasteiger partial charge on any atom is 0.265 e. The summed E-state index contributed by atoms with van der Waals surface area (Å²) in [5.74, 6) is 0.911. The van der Waals surface area contributed by atoms with Crippen LogP contribution in [0.3, 0.4) is 0 Å². The van der Waals surface area contributed by atoms with Gasteiger partial charge in [-0.25, -0.2) is 0 Å². The summed E-state index contributed by atoms with van der Waals surface area (Å²) in [7, 11) is -1.10. The lowest BCUT2D eigenvalue weighted by Crippen LogP contribution is -2.14. The van der Waals surface area contributed by atoms with Crippen LogP contribution in [0.2, 0.25) is 0 Å². The number of para-hydroxylation sites is 1. The van der Waals surface area contributed by atoms with Gasteiger partial charge in [-0.05, 0) is 36.1 Å². The Morgan fingerprint density at radius 1 is 0.905 bits per heavy atom. The topological polar surface area (TPSA) is 18.5 Å². The monoisotopic (exact) mass is 302 g/mol. The maximum atomic E-state index is 6.24. The molecule has 0 aliphatic heterocycles. The van der Waals surface area contributed by atoms with Crippen LogP contribution >= 0.6 is 8.38 Å². The smallest absolute Gasteiger partial charge is 0.265 e. The minimum absolute atomic E-state index is 0.0422. The Morgan fingerprint density at radius 2 is 1.52 bits per heavy atom. The van der Waals surface area contributed by atoms with Gasteiger partial charge in [-0.2, -0.15) is 0 Å². The molecule has 0 amide bonds. The maximum absolute atomic E-state index is 6.24. The first kappa shape index (κ1) is 16.0. The minimum atomic E-state index is -1.10. The molecule has 21 heavy (non-hydrogen) atoms. The van der Waals surface area contributed by atoms with Gasteiger partial charge in [0.2, 0.25) is 0 Å². The lowest BCUT2D eigenvalue weighted by molar-refractivity contribution is 0.339. The van der Waals surface area contributed by atoms with Gasteiger partial charge >= 0.3 is 0 Å². The van der Waals surface area contributed by atoms with Crippen LogP contribution in [0, 0.1) is 0 Å². The molecule has 2 aromatic rings. The highest BCUT2D eigenvalue weighted by Gasteiger charge is 2.22. The summed E-state index contributed by atoms with van der Waals surface area (Å²) in [6.45, 7) is 9.22. The summed E-state index contributed by atoms with van der Waals surface area (Å²) in [6, 6.07) is 18.4. The van der Waals surface area contributed by atoms with Crippen molar-refractivity contribution in [1.82, 2.24) is 0 Å². The van der Waals surface area contributed by atoms with Gasteiger partial charge in [0, 0.05) is 5.30 Å². The van der Waals surface area contributed by atoms with E-state index in [2.05, 4.69) is 45.0 Å². The van der Waals surface area contributed by atoms with Gasteiger partial charge in [0.25, 0.3) is 8.38 Å². The van der Waals surface area contributed by atoms with E-state index in [0.717, 1.165) is 11.1 Å². The second kappa shape index (κ2) is 7.06. The van der Waals surface area contributed by atoms with Gasteiger partial charge in [0.15, 0.2) is 0 Å². The Morgan fingerprint density at radius 3 is 2.14 bits per heavy atom. The highest BCUT2D eigenvalue weighted by Crippen LogP contribution is 2.42. The molecule has 0 bridgehead atoms. The molecule has 0 spiro atoms. The number of hydrogen-bond acceptors (Lipinski definition) is 2.